The van der Waals surface area contributed by atoms with Gasteiger partial charge in [0, 0.05) is 29.3 Å². The predicted octanol–water partition coefficient (Wildman–Crippen LogP) is 4.65. The molecule has 3 aromatic rings. The summed E-state index contributed by atoms with van der Waals surface area (Å²) in [6.45, 7) is 5.56. The third-order valence-corrected chi connectivity index (χ3v) is 5.90. The minimum absolute atomic E-state index is 0. The van der Waals surface area contributed by atoms with Gasteiger partial charge in [-0.1, -0.05) is 24.3 Å². The molecule has 1 N–H and O–H groups in total. The van der Waals surface area contributed by atoms with Gasteiger partial charge in [-0.25, -0.2) is 4.79 Å². The Hall–Kier alpha value is -0.648. The van der Waals surface area contributed by atoms with Crippen LogP contribution in [0.5, 0.6) is 5.75 Å². The number of carboxylic acids is 1. The van der Waals surface area contributed by atoms with E-state index < -0.39 is 12.1 Å². The Kier molecular flexibility index (Phi) is 12.0. The fourth-order valence-corrected chi connectivity index (χ4v) is 3.90. The van der Waals surface area contributed by atoms with Crippen molar-refractivity contribution in [2.75, 3.05) is 19.5 Å². The second-order valence-electron chi connectivity index (χ2n) is 7.22. The Labute approximate surface area is 253 Å². The summed E-state index contributed by atoms with van der Waals surface area (Å²) in [5.74, 6) is -0.175. The Morgan fingerprint density at radius 1 is 1.06 bits per heavy atom. The Morgan fingerprint density at radius 3 is 2.34 bits per heavy atom. The molecule has 0 saturated heterocycles. The summed E-state index contributed by atoms with van der Waals surface area (Å²) in [7, 11) is 0. The van der Waals surface area contributed by atoms with Crippen LogP contribution in [-0.4, -0.2) is 110 Å². The van der Waals surface area contributed by atoms with Crippen molar-refractivity contribution in [3.05, 3.63) is 71.9 Å². The van der Waals surface area contributed by atoms with Gasteiger partial charge in [0.2, 0.25) is 0 Å². The van der Waals surface area contributed by atoms with Gasteiger partial charge in [0.25, 0.3) is 0 Å². The van der Waals surface area contributed by atoms with Crippen LogP contribution in [0.25, 0.3) is 11.3 Å². The monoisotopic (exact) mass is 573 g/mol. The van der Waals surface area contributed by atoms with Gasteiger partial charge in [-0.3, -0.25) is 0 Å². The summed E-state index contributed by atoms with van der Waals surface area (Å²) < 4.78 is 13.5. The number of hydrogen-bond acceptors (Lipinski definition) is 4. The van der Waals surface area contributed by atoms with Gasteiger partial charge in [0.1, 0.15) is 12.4 Å². The van der Waals surface area contributed by atoms with E-state index in [1.54, 1.807) is 18.7 Å². The van der Waals surface area contributed by atoms with Crippen LogP contribution in [0.15, 0.2) is 65.6 Å². The van der Waals surface area contributed by atoms with Gasteiger partial charge < -0.3 is 19.1 Å². The zero-order valence-corrected chi connectivity index (χ0v) is 19.0. The number of benzene rings is 2. The van der Waals surface area contributed by atoms with E-state index in [1.807, 2.05) is 24.3 Å². The first-order valence-electron chi connectivity index (χ1n) is 10.4. The van der Waals surface area contributed by atoms with E-state index in [4.69, 9.17) is 9.47 Å². The summed E-state index contributed by atoms with van der Waals surface area (Å²) >= 11 is 1.74. The predicted molar refractivity (Wildman–Crippen MR) is 132 cm³/mol. The van der Waals surface area contributed by atoms with Crippen LogP contribution in [0.2, 0.25) is 0 Å². The van der Waals surface area contributed by atoms with Crippen molar-refractivity contribution in [3.63, 3.8) is 0 Å². The number of aryl methyl sites for hydroxylation is 1. The Balaban J connectivity index is 0.00000363. The quantitative estimate of drug-likeness (QED) is 0.339. The molecule has 0 fully saturated rings. The number of aliphatic carboxylic acids is 1. The third-order valence-electron chi connectivity index (χ3n) is 5.16. The number of aromatic nitrogens is 1. The summed E-state index contributed by atoms with van der Waals surface area (Å²) in [5, 5.41) is 9.23. The second-order valence-corrected chi connectivity index (χ2v) is 8.10. The molecule has 0 aliphatic heterocycles. The van der Waals surface area contributed by atoms with E-state index >= 15 is 0 Å². The molecular weight excluding hydrogens is 543 g/mol. The molecule has 3 rings (SSSR count). The van der Waals surface area contributed by atoms with E-state index in [1.165, 1.54) is 21.8 Å². The van der Waals surface area contributed by atoms with Crippen molar-refractivity contribution in [1.29, 1.82) is 0 Å². The molecule has 5 nitrogen and oxygen atoms in total. The van der Waals surface area contributed by atoms with Gasteiger partial charge >= 0.3 is 74.9 Å². The van der Waals surface area contributed by atoms with Gasteiger partial charge in [-0.05, 0) is 67.6 Å². The molecule has 2 aromatic carbocycles. The van der Waals surface area contributed by atoms with Crippen molar-refractivity contribution in [2.45, 2.75) is 37.8 Å². The van der Waals surface area contributed by atoms with Crippen LogP contribution in [0.4, 0.5) is 0 Å². The van der Waals surface area contributed by atoms with Crippen LogP contribution < -0.4 is 4.74 Å². The first-order valence-corrected chi connectivity index (χ1v) is 11.6. The van der Waals surface area contributed by atoms with Crippen molar-refractivity contribution < 1.29 is 19.4 Å². The molecule has 0 spiro atoms. The standard InChI is InChI=1S/C25H29NO4S.Cs.H/c1-4-29-24(25(27)28)17-19-6-10-21(11-7-19)30-16-15-26-18(2)5-14-23(26)20-8-12-22(31-3)13-9-20;;/h5-14,24H,4,15-17H2,1-3H3,(H,27,28);;. The van der Waals surface area contributed by atoms with Crippen LogP contribution >= 0.6 is 11.8 Å². The average Bonchev–Trinajstić information content (AvgIpc) is 3.15. The topological polar surface area (TPSA) is 60.7 Å². The Morgan fingerprint density at radius 2 is 1.75 bits per heavy atom. The maximum absolute atomic E-state index is 11.3. The fraction of sp³-hybridized carbons (Fsp3) is 0.320. The molecule has 1 heterocycles. The minimum atomic E-state index is -0.942. The molecule has 1 atom stereocenters. The molecule has 166 valence electrons. The van der Waals surface area contributed by atoms with Crippen molar-refractivity contribution in [2.24, 2.45) is 0 Å². The van der Waals surface area contributed by atoms with Crippen LogP contribution in [0, 0.1) is 6.92 Å². The van der Waals surface area contributed by atoms with Gasteiger partial charge in [0.05, 0.1) is 6.54 Å². The first kappa shape index (κ1) is 27.6. The van der Waals surface area contributed by atoms with E-state index in [0.717, 1.165) is 17.9 Å². The van der Waals surface area contributed by atoms with Crippen LogP contribution in [0.3, 0.4) is 0 Å². The van der Waals surface area contributed by atoms with E-state index in [0.29, 0.717) is 19.6 Å². The van der Waals surface area contributed by atoms with Crippen LogP contribution in [-0.2, 0) is 22.5 Å². The van der Waals surface area contributed by atoms with Gasteiger partial charge in [0.15, 0.2) is 6.10 Å². The SMILES string of the molecule is CCOC(Cc1ccc(OCCn2c(C)ccc2-c2ccc(SC)cc2)cc1)C(=O)O.[CsH]. The Bertz CT molecular complexity index is 986. The molecule has 0 aliphatic carbocycles. The van der Waals surface area contributed by atoms with Gasteiger partial charge in [-0.15, -0.1) is 11.8 Å². The molecule has 0 aliphatic rings. The normalized spacial score (nSPS) is 11.6. The summed E-state index contributed by atoms with van der Waals surface area (Å²) in [6, 6.07) is 20.4. The molecule has 32 heavy (non-hydrogen) atoms. The molecule has 0 amide bonds. The molecule has 1 unspecified atom stereocenters. The number of ether oxygens (including phenoxy) is 2. The molecule has 0 saturated carbocycles. The number of rotatable bonds is 11. The summed E-state index contributed by atoms with van der Waals surface area (Å²) in [5.41, 5.74) is 4.47. The molecule has 7 heteroatoms. The first-order chi connectivity index (χ1) is 15.0. The van der Waals surface area contributed by atoms with Crippen LogP contribution in [0.1, 0.15) is 18.2 Å². The zero-order chi connectivity index (χ0) is 22.2. The van der Waals surface area contributed by atoms with Gasteiger partial charge in [-0.2, -0.15) is 0 Å². The number of carbonyl (C=O) groups is 1. The summed E-state index contributed by atoms with van der Waals surface area (Å²) in [6.07, 6.45) is 1.59. The average molecular weight is 573 g/mol. The second kappa shape index (κ2) is 13.9. The zero-order valence-electron chi connectivity index (χ0n) is 18.2. The van der Waals surface area contributed by atoms with Crippen molar-refractivity contribution >= 4 is 86.6 Å². The van der Waals surface area contributed by atoms with Crippen molar-refractivity contribution in [3.8, 4) is 17.0 Å². The maximum atomic E-state index is 11.3. The molecule has 0 radical (unpaired) electrons. The van der Waals surface area contributed by atoms with E-state index in [9.17, 15) is 9.90 Å². The fourth-order valence-electron chi connectivity index (χ4n) is 3.49. The molecule has 0 bridgehead atoms. The van der Waals surface area contributed by atoms with E-state index in [2.05, 4.69) is 54.1 Å². The molecular formula is C25H30CsNO4S. The number of nitrogens with zero attached hydrogens (tertiary/aromatic N) is 1. The number of hydrogen-bond donors (Lipinski definition) is 1. The van der Waals surface area contributed by atoms with Crippen molar-refractivity contribution in [1.82, 2.24) is 4.57 Å². The number of thioether (sulfide) groups is 1. The van der Waals surface area contributed by atoms with E-state index in [-0.39, 0.29) is 68.9 Å². The number of carboxylic acid groups (broad SMARTS) is 1. The third kappa shape index (κ3) is 7.70. The molecule has 1 aromatic heterocycles. The summed E-state index contributed by atoms with van der Waals surface area (Å²) in [4.78, 5) is 12.5.